The Balaban J connectivity index is 2.12. The fourth-order valence-corrected chi connectivity index (χ4v) is 2.85. The zero-order valence-corrected chi connectivity index (χ0v) is 11.8. The minimum atomic E-state index is -4.35. The van der Waals surface area contributed by atoms with Crippen molar-refractivity contribution in [3.8, 4) is 0 Å². The molecule has 5 heteroatoms. The van der Waals surface area contributed by atoms with Gasteiger partial charge in [-0.2, -0.15) is 13.2 Å². The van der Waals surface area contributed by atoms with Crippen molar-refractivity contribution in [2.45, 2.75) is 26.1 Å². The van der Waals surface area contributed by atoms with Gasteiger partial charge in [-0.05, 0) is 23.5 Å². The maximum atomic E-state index is 13.0. The van der Waals surface area contributed by atoms with Crippen LogP contribution in [0.1, 0.15) is 31.0 Å². The van der Waals surface area contributed by atoms with E-state index in [0.29, 0.717) is 18.4 Å². The molecule has 20 heavy (non-hydrogen) atoms. The summed E-state index contributed by atoms with van der Waals surface area (Å²) in [5.74, 6) is 1.14. The van der Waals surface area contributed by atoms with Crippen molar-refractivity contribution in [3.05, 3.63) is 35.4 Å². The van der Waals surface area contributed by atoms with Crippen LogP contribution in [0.2, 0.25) is 0 Å². The second kappa shape index (κ2) is 5.74. The molecule has 0 spiro atoms. The smallest absolute Gasteiger partial charge is 0.323 e. The van der Waals surface area contributed by atoms with E-state index in [-0.39, 0.29) is 5.56 Å². The van der Waals surface area contributed by atoms with Crippen LogP contribution in [0, 0.1) is 11.8 Å². The van der Waals surface area contributed by atoms with Gasteiger partial charge in [0.2, 0.25) is 0 Å². The molecule has 112 valence electrons. The van der Waals surface area contributed by atoms with E-state index in [2.05, 4.69) is 18.7 Å². The molecule has 1 heterocycles. The van der Waals surface area contributed by atoms with Crippen molar-refractivity contribution in [3.63, 3.8) is 0 Å². The summed E-state index contributed by atoms with van der Waals surface area (Å²) in [4.78, 5) is 2.16. The Hall–Kier alpha value is -1.07. The summed E-state index contributed by atoms with van der Waals surface area (Å²) in [5.41, 5.74) is 5.59. The van der Waals surface area contributed by atoms with Crippen LogP contribution in [0.25, 0.3) is 0 Å². The lowest BCUT2D eigenvalue weighted by Gasteiger charge is -2.23. The van der Waals surface area contributed by atoms with Gasteiger partial charge in [-0.15, -0.1) is 0 Å². The van der Waals surface area contributed by atoms with Crippen LogP contribution in [0.3, 0.4) is 0 Å². The fourth-order valence-electron chi connectivity index (χ4n) is 2.85. The molecule has 2 nitrogen and oxygen atoms in total. The van der Waals surface area contributed by atoms with Crippen molar-refractivity contribution in [1.82, 2.24) is 4.90 Å². The van der Waals surface area contributed by atoms with Crippen LogP contribution >= 0.6 is 0 Å². The van der Waals surface area contributed by atoms with E-state index in [0.717, 1.165) is 19.2 Å². The summed E-state index contributed by atoms with van der Waals surface area (Å²) in [7, 11) is 0. The molecule has 2 N–H and O–H groups in total. The Bertz CT molecular complexity index is 449. The van der Waals surface area contributed by atoms with Crippen LogP contribution in [0.15, 0.2) is 24.3 Å². The lowest BCUT2D eigenvalue weighted by atomic mass is 10.00. The predicted molar refractivity (Wildman–Crippen MR) is 73.1 cm³/mol. The number of hydrogen-bond donors (Lipinski definition) is 1. The average Bonchev–Trinajstić information content (AvgIpc) is 2.67. The second-order valence-corrected chi connectivity index (χ2v) is 5.86. The standard InChI is InChI=1S/C15H21F3N2/c1-10-7-20(8-11(10)2)9-14(19)12-5-3-4-6-13(12)15(16,17)18/h3-6,10-11,14H,7-9,19H2,1-2H3. The van der Waals surface area contributed by atoms with Crippen molar-refractivity contribution < 1.29 is 13.2 Å². The molecule has 0 aromatic heterocycles. The number of likely N-dealkylation sites (tertiary alicyclic amines) is 1. The topological polar surface area (TPSA) is 29.3 Å². The number of halogens is 3. The summed E-state index contributed by atoms with van der Waals surface area (Å²) in [6.07, 6.45) is -4.35. The molecule has 0 bridgehead atoms. The molecule has 3 unspecified atom stereocenters. The first kappa shape index (κ1) is 15.3. The van der Waals surface area contributed by atoms with Crippen LogP contribution in [0.4, 0.5) is 13.2 Å². The number of hydrogen-bond acceptors (Lipinski definition) is 2. The Kier molecular flexibility index (Phi) is 4.39. The Morgan fingerprint density at radius 2 is 1.75 bits per heavy atom. The van der Waals surface area contributed by atoms with E-state index in [9.17, 15) is 13.2 Å². The highest BCUT2D eigenvalue weighted by Gasteiger charge is 2.35. The number of nitrogens with two attached hydrogens (primary N) is 1. The monoisotopic (exact) mass is 286 g/mol. The zero-order valence-electron chi connectivity index (χ0n) is 11.8. The summed E-state index contributed by atoms with van der Waals surface area (Å²) in [6, 6.07) is 4.99. The quantitative estimate of drug-likeness (QED) is 0.924. The molecule has 0 radical (unpaired) electrons. The molecule has 1 aliphatic rings. The predicted octanol–water partition coefficient (Wildman–Crippen LogP) is 3.29. The molecule has 1 aromatic rings. The normalized spacial score (nSPS) is 25.9. The SMILES string of the molecule is CC1CN(CC(N)c2ccccc2C(F)(F)F)CC1C. The average molecular weight is 286 g/mol. The first-order chi connectivity index (χ1) is 9.29. The van der Waals surface area contributed by atoms with Crippen LogP contribution in [0.5, 0.6) is 0 Å². The van der Waals surface area contributed by atoms with Gasteiger partial charge >= 0.3 is 6.18 Å². The van der Waals surface area contributed by atoms with Gasteiger partial charge < -0.3 is 10.6 Å². The minimum Gasteiger partial charge on any atom is -0.323 e. The Morgan fingerprint density at radius 1 is 1.20 bits per heavy atom. The number of benzene rings is 1. The summed E-state index contributed by atoms with van der Waals surface area (Å²) >= 11 is 0. The van der Waals surface area contributed by atoms with Crippen molar-refractivity contribution in [2.24, 2.45) is 17.6 Å². The molecule has 0 saturated carbocycles. The lowest BCUT2D eigenvalue weighted by Crippen LogP contribution is -2.32. The highest BCUT2D eigenvalue weighted by Crippen LogP contribution is 2.34. The van der Waals surface area contributed by atoms with E-state index in [1.54, 1.807) is 6.07 Å². The number of alkyl halides is 3. The molecule has 0 aliphatic carbocycles. The van der Waals surface area contributed by atoms with Gasteiger partial charge in [0, 0.05) is 25.7 Å². The molecule has 1 aromatic carbocycles. The van der Waals surface area contributed by atoms with E-state index in [4.69, 9.17) is 5.73 Å². The highest BCUT2D eigenvalue weighted by atomic mass is 19.4. The Morgan fingerprint density at radius 3 is 2.30 bits per heavy atom. The third-order valence-electron chi connectivity index (χ3n) is 4.18. The summed E-state index contributed by atoms with van der Waals surface area (Å²) in [6.45, 7) is 6.62. The van der Waals surface area contributed by atoms with Crippen molar-refractivity contribution >= 4 is 0 Å². The molecule has 1 aliphatic heterocycles. The van der Waals surface area contributed by atoms with Gasteiger partial charge in [0.05, 0.1) is 5.56 Å². The Labute approximate surface area is 117 Å². The van der Waals surface area contributed by atoms with E-state index in [1.165, 1.54) is 12.1 Å². The summed E-state index contributed by atoms with van der Waals surface area (Å²) < 4.78 is 38.9. The zero-order chi connectivity index (χ0) is 14.9. The third-order valence-corrected chi connectivity index (χ3v) is 4.18. The van der Waals surface area contributed by atoms with E-state index < -0.39 is 17.8 Å². The second-order valence-electron chi connectivity index (χ2n) is 5.86. The molecular formula is C15H21F3N2. The summed E-state index contributed by atoms with van der Waals surface area (Å²) in [5, 5.41) is 0. The van der Waals surface area contributed by atoms with Crippen LogP contribution in [-0.4, -0.2) is 24.5 Å². The lowest BCUT2D eigenvalue weighted by molar-refractivity contribution is -0.138. The minimum absolute atomic E-state index is 0.187. The maximum Gasteiger partial charge on any atom is 0.416 e. The van der Waals surface area contributed by atoms with Gasteiger partial charge in [0.1, 0.15) is 0 Å². The molecule has 0 amide bonds. The van der Waals surface area contributed by atoms with Gasteiger partial charge in [-0.3, -0.25) is 0 Å². The van der Waals surface area contributed by atoms with E-state index in [1.807, 2.05) is 0 Å². The number of rotatable bonds is 3. The van der Waals surface area contributed by atoms with Gasteiger partial charge in [0.15, 0.2) is 0 Å². The van der Waals surface area contributed by atoms with Crippen LogP contribution in [-0.2, 0) is 6.18 Å². The molecule has 2 rings (SSSR count). The van der Waals surface area contributed by atoms with Crippen molar-refractivity contribution in [1.29, 1.82) is 0 Å². The molecule has 1 saturated heterocycles. The first-order valence-electron chi connectivity index (χ1n) is 6.93. The molecule has 1 fully saturated rings. The maximum absolute atomic E-state index is 13.0. The molecular weight excluding hydrogens is 265 g/mol. The first-order valence-corrected chi connectivity index (χ1v) is 6.93. The fraction of sp³-hybridized carbons (Fsp3) is 0.600. The highest BCUT2D eigenvalue weighted by molar-refractivity contribution is 5.32. The van der Waals surface area contributed by atoms with Gasteiger partial charge in [0.25, 0.3) is 0 Å². The van der Waals surface area contributed by atoms with Crippen molar-refractivity contribution in [2.75, 3.05) is 19.6 Å². The van der Waals surface area contributed by atoms with Gasteiger partial charge in [-0.25, -0.2) is 0 Å². The van der Waals surface area contributed by atoms with Gasteiger partial charge in [-0.1, -0.05) is 32.0 Å². The number of nitrogens with zero attached hydrogens (tertiary/aromatic N) is 1. The van der Waals surface area contributed by atoms with Crippen LogP contribution < -0.4 is 5.73 Å². The largest absolute Gasteiger partial charge is 0.416 e. The van der Waals surface area contributed by atoms with E-state index >= 15 is 0 Å². The third kappa shape index (κ3) is 3.33. The molecule has 3 atom stereocenters.